The van der Waals surface area contributed by atoms with Gasteiger partial charge in [-0.1, -0.05) is 0 Å². The van der Waals surface area contributed by atoms with Gasteiger partial charge in [0.15, 0.2) is 0 Å². The number of nitrogens with one attached hydrogen (secondary N) is 1. The fraction of sp³-hybridized carbons (Fsp3) is 0.444. The number of hydrogen-bond donors (Lipinski definition) is 2. The molecule has 94 valence electrons. The summed E-state index contributed by atoms with van der Waals surface area (Å²) in [5.74, 6) is 0. The number of methoxy groups -OCH3 is 1. The van der Waals surface area contributed by atoms with E-state index in [0.29, 0.717) is 10.2 Å². The first-order chi connectivity index (χ1) is 8.06. The Balaban J connectivity index is 2.79. The van der Waals surface area contributed by atoms with Crippen molar-refractivity contribution in [1.29, 1.82) is 0 Å². The van der Waals surface area contributed by atoms with Crippen LogP contribution in [-0.4, -0.2) is 41.4 Å². The van der Waals surface area contributed by atoms with Crippen LogP contribution >= 0.6 is 15.9 Å². The predicted octanol–water partition coefficient (Wildman–Crippen LogP) is 1.17. The molecule has 0 spiro atoms. The van der Waals surface area contributed by atoms with E-state index in [9.17, 15) is 15.2 Å². The first-order valence-corrected chi connectivity index (χ1v) is 5.54. The van der Waals surface area contributed by atoms with Gasteiger partial charge in [0.05, 0.1) is 22.1 Å². The van der Waals surface area contributed by atoms with E-state index in [2.05, 4.69) is 26.2 Å². The van der Waals surface area contributed by atoms with Crippen molar-refractivity contribution < 1.29 is 14.8 Å². The summed E-state index contributed by atoms with van der Waals surface area (Å²) in [6, 6.07) is 0. The van der Waals surface area contributed by atoms with Crippen LogP contribution in [0.15, 0.2) is 16.9 Å². The Hall–Kier alpha value is -1.25. The van der Waals surface area contributed by atoms with Gasteiger partial charge in [0, 0.05) is 19.9 Å². The number of halogens is 1. The number of nitrogens with zero attached hydrogens (tertiary/aromatic N) is 2. The zero-order valence-corrected chi connectivity index (χ0v) is 10.7. The number of ether oxygens (including phenoxy) is 1. The molecule has 1 aromatic rings. The molecule has 0 saturated heterocycles. The van der Waals surface area contributed by atoms with E-state index < -0.39 is 11.0 Å². The summed E-state index contributed by atoms with van der Waals surface area (Å²) in [4.78, 5) is 13.9. The first-order valence-electron chi connectivity index (χ1n) is 4.75. The number of aromatic nitrogens is 1. The molecule has 17 heavy (non-hydrogen) atoms. The fourth-order valence-corrected chi connectivity index (χ4v) is 1.67. The second-order valence-electron chi connectivity index (χ2n) is 3.26. The molecule has 8 heteroatoms. The predicted molar refractivity (Wildman–Crippen MR) is 65.0 cm³/mol. The van der Waals surface area contributed by atoms with E-state index in [0.717, 1.165) is 6.20 Å². The average Bonchev–Trinajstić information content (AvgIpc) is 2.27. The molecular formula is C9H12BrN3O4. The Morgan fingerprint density at radius 2 is 2.41 bits per heavy atom. The van der Waals surface area contributed by atoms with Gasteiger partial charge in [-0.2, -0.15) is 0 Å². The average molecular weight is 306 g/mol. The topological polar surface area (TPSA) is 97.5 Å². The molecule has 0 amide bonds. The molecule has 1 atom stereocenters. The van der Waals surface area contributed by atoms with Crippen molar-refractivity contribution in [2.45, 2.75) is 6.10 Å². The normalized spacial score (nSPS) is 12.2. The summed E-state index contributed by atoms with van der Waals surface area (Å²) < 4.78 is 5.22. The van der Waals surface area contributed by atoms with Crippen molar-refractivity contribution in [2.75, 3.05) is 25.6 Å². The summed E-state index contributed by atoms with van der Waals surface area (Å²) in [6.07, 6.45) is 1.85. The number of hydrogen-bond acceptors (Lipinski definition) is 6. The lowest BCUT2D eigenvalue weighted by Crippen LogP contribution is -2.24. The van der Waals surface area contributed by atoms with E-state index in [1.54, 1.807) is 0 Å². The lowest BCUT2D eigenvalue weighted by Gasteiger charge is -2.12. The molecule has 0 fully saturated rings. The van der Waals surface area contributed by atoms with Gasteiger partial charge in [0.25, 0.3) is 0 Å². The Labute approximate surface area is 106 Å². The highest BCUT2D eigenvalue weighted by Gasteiger charge is 2.17. The molecule has 0 aliphatic carbocycles. The lowest BCUT2D eigenvalue weighted by molar-refractivity contribution is -0.384. The molecule has 0 aliphatic heterocycles. The maximum absolute atomic E-state index is 10.8. The van der Waals surface area contributed by atoms with Gasteiger partial charge < -0.3 is 15.2 Å². The van der Waals surface area contributed by atoms with Crippen molar-refractivity contribution in [3.63, 3.8) is 0 Å². The van der Waals surface area contributed by atoms with Gasteiger partial charge in [-0.05, 0) is 15.9 Å². The van der Waals surface area contributed by atoms with E-state index in [1.807, 2.05) is 0 Å². The third-order valence-corrected chi connectivity index (χ3v) is 2.55. The second kappa shape index (κ2) is 6.48. The molecule has 0 aliphatic rings. The molecule has 2 N–H and O–H groups in total. The number of aliphatic hydroxyl groups is 1. The molecular weight excluding hydrogens is 294 g/mol. The smallest absolute Gasteiger partial charge is 0.311 e. The van der Waals surface area contributed by atoms with Crippen molar-refractivity contribution in [2.24, 2.45) is 0 Å². The first kappa shape index (κ1) is 13.8. The van der Waals surface area contributed by atoms with Crippen molar-refractivity contribution in [3.8, 4) is 0 Å². The minimum atomic E-state index is -0.736. The SMILES string of the molecule is COCC(O)CNc1c(Br)cncc1[N+](=O)[O-]. The van der Waals surface area contributed by atoms with E-state index in [1.165, 1.54) is 13.3 Å². The Kier molecular flexibility index (Phi) is 5.26. The highest BCUT2D eigenvalue weighted by atomic mass is 79.9. The quantitative estimate of drug-likeness (QED) is 0.605. The van der Waals surface area contributed by atoms with Crippen molar-refractivity contribution in [3.05, 3.63) is 27.0 Å². The zero-order valence-electron chi connectivity index (χ0n) is 9.09. The summed E-state index contributed by atoms with van der Waals surface area (Å²) in [7, 11) is 1.47. The Bertz CT molecular complexity index is 402. The maximum Gasteiger partial charge on any atom is 0.311 e. The van der Waals surface area contributed by atoms with Gasteiger partial charge in [0.2, 0.25) is 0 Å². The Morgan fingerprint density at radius 3 is 3.00 bits per heavy atom. The number of rotatable bonds is 6. The molecule has 0 saturated carbocycles. The second-order valence-corrected chi connectivity index (χ2v) is 4.12. The van der Waals surface area contributed by atoms with Gasteiger partial charge >= 0.3 is 5.69 Å². The van der Waals surface area contributed by atoms with Crippen LogP contribution in [0.1, 0.15) is 0 Å². The monoisotopic (exact) mass is 305 g/mol. The summed E-state index contributed by atoms with van der Waals surface area (Å²) >= 11 is 3.16. The third-order valence-electron chi connectivity index (χ3n) is 1.95. The molecule has 0 aromatic carbocycles. The van der Waals surface area contributed by atoms with Crippen LogP contribution in [-0.2, 0) is 4.74 Å². The number of nitro groups is 1. The maximum atomic E-state index is 10.8. The Morgan fingerprint density at radius 1 is 1.71 bits per heavy atom. The molecule has 1 unspecified atom stereocenters. The van der Waals surface area contributed by atoms with Gasteiger partial charge in [0.1, 0.15) is 11.9 Å². The van der Waals surface area contributed by atoms with E-state index >= 15 is 0 Å². The highest BCUT2D eigenvalue weighted by molar-refractivity contribution is 9.10. The molecule has 1 aromatic heterocycles. The largest absolute Gasteiger partial charge is 0.389 e. The van der Waals surface area contributed by atoms with E-state index in [-0.39, 0.29) is 18.8 Å². The van der Waals surface area contributed by atoms with Gasteiger partial charge in [-0.3, -0.25) is 15.1 Å². The standard InChI is InChI=1S/C9H12BrN3O4/c1-17-5-6(14)2-12-9-7(10)3-11-4-8(9)13(15)16/h3-4,6,14H,2,5H2,1H3,(H,11,12). The minimum absolute atomic E-state index is 0.149. The number of aliphatic hydroxyl groups excluding tert-OH is 1. The van der Waals surface area contributed by atoms with Crippen LogP contribution < -0.4 is 5.32 Å². The number of pyridine rings is 1. The summed E-state index contributed by atoms with van der Waals surface area (Å²) in [6.45, 7) is 0.306. The van der Waals surface area contributed by atoms with Crippen LogP contribution in [0.2, 0.25) is 0 Å². The van der Waals surface area contributed by atoms with Crippen LogP contribution in [0.3, 0.4) is 0 Å². The molecule has 7 nitrogen and oxygen atoms in total. The minimum Gasteiger partial charge on any atom is -0.389 e. The van der Waals surface area contributed by atoms with Gasteiger partial charge in [-0.15, -0.1) is 0 Å². The zero-order chi connectivity index (χ0) is 12.8. The lowest BCUT2D eigenvalue weighted by atomic mass is 10.3. The summed E-state index contributed by atoms with van der Waals surface area (Å²) in [5.41, 5.74) is 0.143. The fourth-order valence-electron chi connectivity index (χ4n) is 1.21. The van der Waals surface area contributed by atoms with E-state index in [4.69, 9.17) is 4.74 Å². The third kappa shape index (κ3) is 3.91. The van der Waals surface area contributed by atoms with Crippen LogP contribution in [0, 0.1) is 10.1 Å². The molecule has 0 bridgehead atoms. The van der Waals surface area contributed by atoms with Gasteiger partial charge in [-0.25, -0.2) is 0 Å². The molecule has 0 radical (unpaired) electrons. The summed E-state index contributed by atoms with van der Waals surface area (Å²) in [5, 5.41) is 23.0. The molecule has 1 heterocycles. The van der Waals surface area contributed by atoms with Crippen LogP contribution in [0.5, 0.6) is 0 Å². The highest BCUT2D eigenvalue weighted by Crippen LogP contribution is 2.30. The van der Waals surface area contributed by atoms with Crippen LogP contribution in [0.4, 0.5) is 11.4 Å². The molecule has 1 rings (SSSR count). The van der Waals surface area contributed by atoms with Crippen LogP contribution in [0.25, 0.3) is 0 Å². The number of anilines is 1. The van der Waals surface area contributed by atoms with Crippen molar-refractivity contribution >= 4 is 27.3 Å². The van der Waals surface area contributed by atoms with Crippen molar-refractivity contribution in [1.82, 2.24) is 4.98 Å².